The minimum absolute atomic E-state index is 0.414. The van der Waals surface area contributed by atoms with Crippen LogP contribution in [0.15, 0.2) is 39.4 Å². The molecule has 0 N–H and O–H groups in total. The van der Waals surface area contributed by atoms with Crippen LogP contribution in [0.2, 0.25) is 0 Å². The zero-order chi connectivity index (χ0) is 13.8. The van der Waals surface area contributed by atoms with Gasteiger partial charge in [-0.3, -0.25) is 0 Å². The highest BCUT2D eigenvalue weighted by Gasteiger charge is 2.09. The third-order valence-electron chi connectivity index (χ3n) is 2.29. The lowest BCUT2D eigenvalue weighted by atomic mass is 10.3. The predicted molar refractivity (Wildman–Crippen MR) is 77.4 cm³/mol. The van der Waals surface area contributed by atoms with Crippen molar-refractivity contribution < 1.29 is 9.47 Å². The third kappa shape index (κ3) is 3.25. The Balaban J connectivity index is 2.28. The van der Waals surface area contributed by atoms with Crippen molar-refractivity contribution in [3.05, 3.63) is 45.0 Å². The van der Waals surface area contributed by atoms with Crippen LogP contribution in [-0.2, 0) is 0 Å². The van der Waals surface area contributed by atoms with Crippen LogP contribution in [-0.4, -0.2) is 12.1 Å². The molecule has 0 aliphatic carbocycles. The average molecular weight is 384 g/mol. The topological polar surface area (TPSA) is 55.1 Å². The van der Waals surface area contributed by atoms with Crippen LogP contribution in [0, 0.1) is 11.3 Å². The van der Waals surface area contributed by atoms with Crippen molar-refractivity contribution in [1.82, 2.24) is 4.98 Å². The van der Waals surface area contributed by atoms with E-state index in [9.17, 15) is 0 Å². The van der Waals surface area contributed by atoms with E-state index in [1.165, 1.54) is 6.20 Å². The fourth-order valence-electron chi connectivity index (χ4n) is 1.36. The highest BCUT2D eigenvalue weighted by atomic mass is 79.9. The quantitative estimate of drug-likeness (QED) is 0.793. The van der Waals surface area contributed by atoms with Gasteiger partial charge in [-0.15, -0.1) is 0 Å². The summed E-state index contributed by atoms with van der Waals surface area (Å²) in [5.74, 6) is 1.72. The smallest absolute Gasteiger partial charge is 0.219 e. The molecule has 96 valence electrons. The van der Waals surface area contributed by atoms with Gasteiger partial charge in [-0.05, 0) is 50.1 Å². The number of hydrogen-bond acceptors (Lipinski definition) is 4. The number of methoxy groups -OCH3 is 1. The Morgan fingerprint density at radius 2 is 1.84 bits per heavy atom. The van der Waals surface area contributed by atoms with Crippen LogP contribution >= 0.6 is 31.9 Å². The lowest BCUT2D eigenvalue weighted by Crippen LogP contribution is -1.91. The van der Waals surface area contributed by atoms with Gasteiger partial charge in [-0.25, -0.2) is 4.98 Å². The molecule has 2 rings (SSSR count). The van der Waals surface area contributed by atoms with Crippen molar-refractivity contribution in [2.24, 2.45) is 0 Å². The van der Waals surface area contributed by atoms with E-state index in [1.54, 1.807) is 31.4 Å². The summed E-state index contributed by atoms with van der Waals surface area (Å²) in [7, 11) is 1.59. The molecule has 0 amide bonds. The Kier molecular flexibility index (Phi) is 4.40. The van der Waals surface area contributed by atoms with E-state index in [2.05, 4.69) is 36.8 Å². The molecule has 0 unspecified atom stereocenters. The van der Waals surface area contributed by atoms with Gasteiger partial charge in [0.05, 0.1) is 21.6 Å². The predicted octanol–water partition coefficient (Wildman–Crippen LogP) is 4.28. The minimum atomic E-state index is 0.414. The van der Waals surface area contributed by atoms with Gasteiger partial charge in [0.15, 0.2) is 0 Å². The van der Waals surface area contributed by atoms with E-state index in [0.29, 0.717) is 22.9 Å². The molecule has 0 spiro atoms. The Morgan fingerprint density at radius 1 is 1.16 bits per heavy atom. The Morgan fingerprint density at radius 3 is 2.42 bits per heavy atom. The number of pyridine rings is 1. The van der Waals surface area contributed by atoms with Crippen LogP contribution in [0.1, 0.15) is 5.56 Å². The van der Waals surface area contributed by atoms with Crippen molar-refractivity contribution in [2.45, 2.75) is 0 Å². The molecule has 0 bridgehead atoms. The van der Waals surface area contributed by atoms with Crippen molar-refractivity contribution in [3.63, 3.8) is 0 Å². The highest BCUT2D eigenvalue weighted by Crippen LogP contribution is 2.37. The highest BCUT2D eigenvalue weighted by molar-refractivity contribution is 9.11. The largest absolute Gasteiger partial charge is 0.496 e. The van der Waals surface area contributed by atoms with E-state index in [4.69, 9.17) is 14.7 Å². The maximum atomic E-state index is 8.70. The molecular weight excluding hydrogens is 376 g/mol. The molecule has 0 radical (unpaired) electrons. The normalized spacial score (nSPS) is 9.79. The Bertz CT molecular complexity index is 636. The standard InChI is InChI=1S/C13H8Br2N2O2/c1-18-11-4-10(15)12(5-9(11)14)19-13-3-2-8(6-16)7-17-13/h2-5,7H,1H3. The van der Waals surface area contributed by atoms with Crippen molar-refractivity contribution in [2.75, 3.05) is 7.11 Å². The summed E-state index contributed by atoms with van der Waals surface area (Å²) in [6, 6.07) is 8.87. The fourth-order valence-corrected chi connectivity index (χ4v) is 2.25. The molecule has 1 aromatic heterocycles. The first-order valence-corrected chi connectivity index (χ1v) is 6.79. The number of rotatable bonds is 3. The monoisotopic (exact) mass is 382 g/mol. The number of aromatic nitrogens is 1. The zero-order valence-corrected chi connectivity index (χ0v) is 13.0. The minimum Gasteiger partial charge on any atom is -0.496 e. The SMILES string of the molecule is COc1cc(Br)c(Oc2ccc(C#N)cn2)cc1Br. The van der Waals surface area contributed by atoms with Crippen LogP contribution in [0.25, 0.3) is 0 Å². The molecule has 2 aromatic rings. The molecule has 0 saturated heterocycles. The second kappa shape index (κ2) is 6.04. The number of hydrogen-bond donors (Lipinski definition) is 0. The first-order chi connectivity index (χ1) is 9.13. The maximum Gasteiger partial charge on any atom is 0.219 e. The third-order valence-corrected chi connectivity index (χ3v) is 3.53. The first-order valence-electron chi connectivity index (χ1n) is 5.21. The van der Waals surface area contributed by atoms with Crippen LogP contribution in [0.5, 0.6) is 17.4 Å². The molecule has 0 atom stereocenters. The van der Waals surface area contributed by atoms with Gasteiger partial charge < -0.3 is 9.47 Å². The molecule has 19 heavy (non-hydrogen) atoms. The first kappa shape index (κ1) is 13.8. The number of halogens is 2. The maximum absolute atomic E-state index is 8.70. The van der Waals surface area contributed by atoms with Crippen molar-refractivity contribution >= 4 is 31.9 Å². The molecule has 0 aliphatic rings. The molecular formula is C13H8Br2N2O2. The fraction of sp³-hybridized carbons (Fsp3) is 0.0769. The summed E-state index contributed by atoms with van der Waals surface area (Å²) in [5, 5.41) is 8.70. The molecule has 4 nitrogen and oxygen atoms in total. The lowest BCUT2D eigenvalue weighted by Gasteiger charge is -2.10. The van der Waals surface area contributed by atoms with E-state index in [1.807, 2.05) is 6.07 Å². The van der Waals surface area contributed by atoms with Gasteiger partial charge in [0.1, 0.15) is 17.6 Å². The summed E-state index contributed by atoms with van der Waals surface area (Å²) >= 11 is 6.79. The number of nitriles is 1. The summed E-state index contributed by atoms with van der Waals surface area (Å²) in [6.07, 6.45) is 1.46. The van der Waals surface area contributed by atoms with E-state index < -0.39 is 0 Å². The van der Waals surface area contributed by atoms with Crippen molar-refractivity contribution in [1.29, 1.82) is 5.26 Å². The van der Waals surface area contributed by atoms with Gasteiger partial charge in [-0.1, -0.05) is 0 Å². The van der Waals surface area contributed by atoms with Gasteiger partial charge >= 0.3 is 0 Å². The van der Waals surface area contributed by atoms with Crippen LogP contribution < -0.4 is 9.47 Å². The van der Waals surface area contributed by atoms with Crippen LogP contribution in [0.3, 0.4) is 0 Å². The van der Waals surface area contributed by atoms with Gasteiger partial charge in [-0.2, -0.15) is 5.26 Å². The second-order valence-electron chi connectivity index (χ2n) is 3.52. The molecule has 6 heteroatoms. The van der Waals surface area contributed by atoms with Gasteiger partial charge in [0.25, 0.3) is 0 Å². The van der Waals surface area contributed by atoms with Gasteiger partial charge in [0, 0.05) is 12.3 Å². The number of ether oxygens (including phenoxy) is 2. The number of benzene rings is 1. The number of nitrogens with zero attached hydrogens (tertiary/aromatic N) is 2. The second-order valence-corrected chi connectivity index (χ2v) is 5.22. The summed E-state index contributed by atoms with van der Waals surface area (Å²) in [6.45, 7) is 0. The molecule has 0 saturated carbocycles. The summed E-state index contributed by atoms with van der Waals surface area (Å²) in [5.41, 5.74) is 0.488. The molecule has 0 aliphatic heterocycles. The van der Waals surface area contributed by atoms with E-state index in [0.717, 1.165) is 8.95 Å². The van der Waals surface area contributed by atoms with Crippen LogP contribution in [0.4, 0.5) is 0 Å². The molecule has 1 heterocycles. The average Bonchev–Trinajstić information content (AvgIpc) is 2.43. The van der Waals surface area contributed by atoms with E-state index in [-0.39, 0.29) is 0 Å². The zero-order valence-electron chi connectivity index (χ0n) is 9.85. The Labute approximate surface area is 127 Å². The summed E-state index contributed by atoms with van der Waals surface area (Å²) in [4.78, 5) is 4.05. The lowest BCUT2D eigenvalue weighted by molar-refractivity contribution is 0.408. The van der Waals surface area contributed by atoms with Gasteiger partial charge in [0.2, 0.25) is 5.88 Å². The Hall–Kier alpha value is -1.58. The van der Waals surface area contributed by atoms with Crippen molar-refractivity contribution in [3.8, 4) is 23.4 Å². The molecule has 1 aromatic carbocycles. The summed E-state index contributed by atoms with van der Waals surface area (Å²) < 4.78 is 12.3. The van der Waals surface area contributed by atoms with E-state index >= 15 is 0 Å². The molecule has 0 fully saturated rings.